The molecular weight excluding hydrogens is 326 g/mol. The number of carbonyl (C=O) groups is 1. The average Bonchev–Trinajstić information content (AvgIpc) is 3.26. The Bertz CT molecular complexity index is 540. The molecule has 1 aliphatic rings. The Morgan fingerprint density at radius 2 is 2.35 bits per heavy atom. The van der Waals surface area contributed by atoms with E-state index in [2.05, 4.69) is 31.1 Å². The van der Waals surface area contributed by atoms with Crippen molar-refractivity contribution in [2.45, 2.75) is 32.2 Å². The molecule has 110 valence electrons. The molecule has 1 heterocycles. The van der Waals surface area contributed by atoms with Gasteiger partial charge in [-0.05, 0) is 34.7 Å². The Kier molecular flexibility index (Phi) is 5.17. The van der Waals surface area contributed by atoms with E-state index in [1.165, 1.54) is 26.4 Å². The Morgan fingerprint density at radius 1 is 1.60 bits per heavy atom. The lowest BCUT2D eigenvalue weighted by atomic mass is 10.2. The number of rotatable bonds is 7. The lowest BCUT2D eigenvalue weighted by Crippen LogP contribution is -2.28. The molecule has 0 amide bonds. The van der Waals surface area contributed by atoms with Crippen molar-refractivity contribution >= 4 is 27.6 Å². The maximum Gasteiger partial charge on any atom is 0.327 e. The number of hydrogen-bond donors (Lipinski definition) is 1. The van der Waals surface area contributed by atoms with E-state index in [1.807, 2.05) is 0 Å². The first kappa shape index (κ1) is 15.0. The van der Waals surface area contributed by atoms with E-state index in [-0.39, 0.29) is 12.1 Å². The van der Waals surface area contributed by atoms with Crippen LogP contribution < -0.4 is 10.9 Å². The summed E-state index contributed by atoms with van der Waals surface area (Å²) in [6, 6.07) is 0. The normalized spacial score (nSPS) is 14.1. The summed E-state index contributed by atoms with van der Waals surface area (Å²) >= 11 is 3.25. The predicted octanol–water partition coefficient (Wildman–Crippen LogP) is 1.78. The van der Waals surface area contributed by atoms with E-state index in [0.717, 1.165) is 23.6 Å². The molecule has 0 unspecified atom stereocenters. The Labute approximate surface area is 125 Å². The van der Waals surface area contributed by atoms with Gasteiger partial charge in [-0.25, -0.2) is 4.68 Å². The van der Waals surface area contributed by atoms with Crippen molar-refractivity contribution < 1.29 is 9.53 Å². The van der Waals surface area contributed by atoms with Crippen LogP contribution in [0.3, 0.4) is 0 Å². The van der Waals surface area contributed by atoms with Crippen molar-refractivity contribution in [1.29, 1.82) is 0 Å². The van der Waals surface area contributed by atoms with Gasteiger partial charge in [0.2, 0.25) is 0 Å². The van der Waals surface area contributed by atoms with Crippen LogP contribution in [0, 0.1) is 5.92 Å². The fourth-order valence-electron chi connectivity index (χ4n) is 1.91. The van der Waals surface area contributed by atoms with Gasteiger partial charge in [0.15, 0.2) is 0 Å². The first-order valence-corrected chi connectivity index (χ1v) is 7.47. The number of nitrogens with zero attached hydrogens (tertiary/aromatic N) is 2. The molecule has 1 aromatic heterocycles. The van der Waals surface area contributed by atoms with Gasteiger partial charge in [0.05, 0.1) is 19.0 Å². The quantitative estimate of drug-likeness (QED) is 0.603. The van der Waals surface area contributed by atoms with Crippen molar-refractivity contribution in [3.8, 4) is 0 Å². The standard InChI is InChI=1S/C13H18BrN3O3/c1-20-11(18)8-17-13(19)12(14)10(7-16-17)15-6-2-3-9-4-5-9/h7,9,15H,2-6,8H2,1H3. The second kappa shape index (κ2) is 6.88. The maximum absolute atomic E-state index is 12.0. The fraction of sp³-hybridized carbons (Fsp3) is 0.615. The molecule has 2 rings (SSSR count). The second-order valence-electron chi connectivity index (χ2n) is 4.92. The maximum atomic E-state index is 12.0. The Hall–Kier alpha value is -1.37. The third kappa shape index (κ3) is 4.06. The molecule has 0 atom stereocenters. The zero-order valence-corrected chi connectivity index (χ0v) is 13.0. The smallest absolute Gasteiger partial charge is 0.327 e. The summed E-state index contributed by atoms with van der Waals surface area (Å²) in [4.78, 5) is 23.2. The summed E-state index contributed by atoms with van der Waals surface area (Å²) in [6.45, 7) is 0.632. The molecule has 1 aliphatic carbocycles. The lowest BCUT2D eigenvalue weighted by Gasteiger charge is -2.09. The van der Waals surface area contributed by atoms with Crippen LogP contribution in [-0.4, -0.2) is 29.4 Å². The minimum absolute atomic E-state index is 0.185. The van der Waals surface area contributed by atoms with Gasteiger partial charge in [-0.15, -0.1) is 0 Å². The molecule has 6 nitrogen and oxygen atoms in total. The van der Waals surface area contributed by atoms with Crippen LogP contribution in [0.2, 0.25) is 0 Å². The number of halogens is 1. The van der Waals surface area contributed by atoms with Crippen LogP contribution in [0.5, 0.6) is 0 Å². The van der Waals surface area contributed by atoms with E-state index in [4.69, 9.17) is 0 Å². The highest BCUT2D eigenvalue weighted by Crippen LogP contribution is 2.33. The highest BCUT2D eigenvalue weighted by Gasteiger charge is 2.20. The van der Waals surface area contributed by atoms with Crippen LogP contribution in [0.4, 0.5) is 5.69 Å². The van der Waals surface area contributed by atoms with Gasteiger partial charge in [0.25, 0.3) is 5.56 Å². The summed E-state index contributed by atoms with van der Waals surface area (Å²) in [5.41, 5.74) is 0.314. The van der Waals surface area contributed by atoms with Crippen LogP contribution in [0.1, 0.15) is 25.7 Å². The largest absolute Gasteiger partial charge is 0.468 e. The van der Waals surface area contributed by atoms with Crippen molar-refractivity contribution in [1.82, 2.24) is 9.78 Å². The minimum Gasteiger partial charge on any atom is -0.468 e. The monoisotopic (exact) mass is 343 g/mol. The molecule has 0 bridgehead atoms. The van der Waals surface area contributed by atoms with E-state index in [1.54, 1.807) is 6.20 Å². The molecule has 0 spiro atoms. The number of anilines is 1. The van der Waals surface area contributed by atoms with Crippen LogP contribution >= 0.6 is 15.9 Å². The van der Waals surface area contributed by atoms with Crippen LogP contribution in [-0.2, 0) is 16.1 Å². The van der Waals surface area contributed by atoms with Gasteiger partial charge >= 0.3 is 5.97 Å². The minimum atomic E-state index is -0.503. The van der Waals surface area contributed by atoms with E-state index in [9.17, 15) is 9.59 Å². The number of methoxy groups -OCH3 is 1. The highest BCUT2D eigenvalue weighted by molar-refractivity contribution is 9.10. The highest BCUT2D eigenvalue weighted by atomic mass is 79.9. The van der Waals surface area contributed by atoms with Crippen molar-refractivity contribution in [3.63, 3.8) is 0 Å². The molecule has 0 aromatic carbocycles. The molecule has 1 N–H and O–H groups in total. The SMILES string of the molecule is COC(=O)Cn1ncc(NCCCC2CC2)c(Br)c1=O. The fourth-order valence-corrected chi connectivity index (χ4v) is 2.36. The molecule has 0 radical (unpaired) electrons. The Balaban J connectivity index is 1.94. The Morgan fingerprint density at radius 3 is 3.00 bits per heavy atom. The molecule has 1 fully saturated rings. The molecule has 1 saturated carbocycles. The van der Waals surface area contributed by atoms with Gasteiger partial charge in [-0.3, -0.25) is 9.59 Å². The number of hydrogen-bond acceptors (Lipinski definition) is 5. The second-order valence-corrected chi connectivity index (χ2v) is 5.72. The molecule has 7 heteroatoms. The number of ether oxygens (including phenoxy) is 1. The van der Waals surface area contributed by atoms with Gasteiger partial charge in [-0.1, -0.05) is 12.8 Å². The van der Waals surface area contributed by atoms with Crippen molar-refractivity contribution in [3.05, 3.63) is 21.0 Å². The third-order valence-corrected chi connectivity index (χ3v) is 4.06. The molecule has 0 aliphatic heterocycles. The topological polar surface area (TPSA) is 73.2 Å². The van der Waals surface area contributed by atoms with E-state index in [0.29, 0.717) is 10.2 Å². The summed E-state index contributed by atoms with van der Waals surface area (Å²) in [5.74, 6) is 0.406. The van der Waals surface area contributed by atoms with Crippen molar-refractivity contribution in [2.75, 3.05) is 19.0 Å². The third-order valence-electron chi connectivity index (χ3n) is 3.29. The number of aromatic nitrogens is 2. The van der Waals surface area contributed by atoms with Crippen LogP contribution in [0.25, 0.3) is 0 Å². The van der Waals surface area contributed by atoms with E-state index >= 15 is 0 Å². The average molecular weight is 344 g/mol. The zero-order valence-electron chi connectivity index (χ0n) is 11.4. The zero-order chi connectivity index (χ0) is 14.5. The van der Waals surface area contributed by atoms with E-state index < -0.39 is 5.97 Å². The summed E-state index contributed by atoms with van der Waals surface area (Å²) < 4.78 is 5.98. The van der Waals surface area contributed by atoms with Gasteiger partial charge in [0, 0.05) is 6.54 Å². The van der Waals surface area contributed by atoms with Gasteiger partial charge in [0.1, 0.15) is 11.0 Å². The molecule has 1 aromatic rings. The first-order valence-electron chi connectivity index (χ1n) is 6.68. The van der Waals surface area contributed by atoms with Crippen LogP contribution in [0.15, 0.2) is 15.5 Å². The number of esters is 1. The molecular formula is C13H18BrN3O3. The summed E-state index contributed by atoms with van der Waals surface area (Å²) in [7, 11) is 1.28. The molecule has 0 saturated heterocycles. The summed E-state index contributed by atoms with van der Waals surface area (Å²) in [5, 5.41) is 7.16. The lowest BCUT2D eigenvalue weighted by molar-refractivity contribution is -0.141. The number of nitrogens with one attached hydrogen (secondary N) is 1. The van der Waals surface area contributed by atoms with Gasteiger partial charge < -0.3 is 10.1 Å². The number of carbonyl (C=O) groups excluding carboxylic acids is 1. The van der Waals surface area contributed by atoms with Crippen molar-refractivity contribution in [2.24, 2.45) is 5.92 Å². The summed E-state index contributed by atoms with van der Waals surface area (Å²) in [6.07, 6.45) is 6.58. The first-order chi connectivity index (χ1) is 9.61. The predicted molar refractivity (Wildman–Crippen MR) is 78.7 cm³/mol. The van der Waals surface area contributed by atoms with Gasteiger partial charge in [-0.2, -0.15) is 5.10 Å². The molecule has 20 heavy (non-hydrogen) atoms.